The molecule has 0 rings (SSSR count). The first-order valence-electron chi connectivity index (χ1n) is 5.84. The molecule has 0 aliphatic heterocycles. The van der Waals surface area contributed by atoms with E-state index in [0.29, 0.717) is 13.1 Å². The predicted molar refractivity (Wildman–Crippen MR) is 66.2 cm³/mol. The zero-order chi connectivity index (χ0) is 14.1. The Labute approximate surface area is 107 Å². The summed E-state index contributed by atoms with van der Waals surface area (Å²) in [5.41, 5.74) is 0. The van der Waals surface area contributed by atoms with Crippen LogP contribution in [0.2, 0.25) is 0 Å². The van der Waals surface area contributed by atoms with E-state index in [-0.39, 0.29) is 31.3 Å². The Morgan fingerprint density at radius 2 is 1.78 bits per heavy atom. The molecule has 0 heterocycles. The Balaban J connectivity index is 4.22. The van der Waals surface area contributed by atoms with Gasteiger partial charge < -0.3 is 20.2 Å². The molecule has 7 nitrogen and oxygen atoms in total. The van der Waals surface area contributed by atoms with E-state index in [9.17, 15) is 14.4 Å². The largest absolute Gasteiger partial charge is 0.481 e. The predicted octanol–water partition coefficient (Wildman–Crippen LogP) is -0.0291. The lowest BCUT2D eigenvalue weighted by atomic mass is 10.3. The molecular weight excluding hydrogens is 238 g/mol. The van der Waals surface area contributed by atoms with E-state index in [2.05, 4.69) is 5.32 Å². The van der Waals surface area contributed by atoms with E-state index in [1.165, 1.54) is 16.8 Å². The molecule has 18 heavy (non-hydrogen) atoms. The molecule has 0 aliphatic carbocycles. The van der Waals surface area contributed by atoms with Crippen molar-refractivity contribution in [1.82, 2.24) is 15.1 Å². The molecule has 0 saturated carbocycles. The number of nitrogens with one attached hydrogen (secondary N) is 1. The number of carboxylic acids is 1. The Morgan fingerprint density at radius 1 is 1.17 bits per heavy atom. The van der Waals surface area contributed by atoms with Crippen molar-refractivity contribution in [3.8, 4) is 0 Å². The van der Waals surface area contributed by atoms with E-state index in [4.69, 9.17) is 5.11 Å². The molecule has 0 aromatic rings. The molecule has 0 atom stereocenters. The van der Waals surface area contributed by atoms with Crippen molar-refractivity contribution >= 4 is 17.9 Å². The summed E-state index contributed by atoms with van der Waals surface area (Å²) in [5.74, 6) is -1.07. The van der Waals surface area contributed by atoms with Crippen LogP contribution >= 0.6 is 0 Å². The number of hydrogen-bond donors (Lipinski definition) is 2. The molecule has 0 aromatic carbocycles. The van der Waals surface area contributed by atoms with Crippen molar-refractivity contribution in [1.29, 1.82) is 0 Å². The highest BCUT2D eigenvalue weighted by atomic mass is 16.4. The van der Waals surface area contributed by atoms with Crippen LogP contribution in [0.5, 0.6) is 0 Å². The lowest BCUT2D eigenvalue weighted by Gasteiger charge is -2.26. The van der Waals surface area contributed by atoms with Gasteiger partial charge in [-0.05, 0) is 6.92 Å². The number of carbonyl (C=O) groups is 3. The van der Waals surface area contributed by atoms with Crippen LogP contribution in [0.15, 0.2) is 0 Å². The Morgan fingerprint density at radius 3 is 2.22 bits per heavy atom. The van der Waals surface area contributed by atoms with Gasteiger partial charge in [-0.2, -0.15) is 0 Å². The molecule has 0 aromatic heterocycles. The van der Waals surface area contributed by atoms with Crippen molar-refractivity contribution in [2.45, 2.75) is 19.8 Å². The van der Waals surface area contributed by atoms with Crippen LogP contribution in [-0.2, 0) is 9.59 Å². The number of rotatable bonds is 7. The highest BCUT2D eigenvalue weighted by Gasteiger charge is 2.17. The summed E-state index contributed by atoms with van der Waals surface area (Å²) >= 11 is 0. The number of hydrogen-bond acceptors (Lipinski definition) is 3. The van der Waals surface area contributed by atoms with Gasteiger partial charge in [0.2, 0.25) is 5.91 Å². The van der Waals surface area contributed by atoms with Gasteiger partial charge in [0.05, 0.1) is 6.42 Å². The second-order valence-corrected chi connectivity index (χ2v) is 3.85. The van der Waals surface area contributed by atoms with E-state index in [0.717, 1.165) is 0 Å². The average Bonchev–Trinajstić information content (AvgIpc) is 2.35. The standard InChI is InChI=1S/C11H21N3O4/c1-4-14(8-6-10(16)17)11(18)13(3)7-5-9(15)12-2/h4-8H2,1-3H3,(H,12,15)(H,16,17). The summed E-state index contributed by atoms with van der Waals surface area (Å²) in [6, 6.07) is -0.261. The molecule has 0 unspecified atom stereocenters. The fourth-order valence-electron chi connectivity index (χ4n) is 1.35. The van der Waals surface area contributed by atoms with Crippen molar-refractivity contribution in [3.05, 3.63) is 0 Å². The number of carbonyl (C=O) groups excluding carboxylic acids is 2. The molecular formula is C11H21N3O4. The van der Waals surface area contributed by atoms with Gasteiger partial charge in [0, 0.05) is 40.2 Å². The van der Waals surface area contributed by atoms with E-state index in [1.54, 1.807) is 14.0 Å². The molecule has 7 heteroatoms. The van der Waals surface area contributed by atoms with Gasteiger partial charge in [0.25, 0.3) is 0 Å². The molecule has 104 valence electrons. The Hall–Kier alpha value is -1.79. The van der Waals surface area contributed by atoms with Gasteiger partial charge in [-0.25, -0.2) is 4.79 Å². The zero-order valence-electron chi connectivity index (χ0n) is 11.1. The molecule has 0 fully saturated rings. The highest BCUT2D eigenvalue weighted by molar-refractivity contribution is 5.78. The number of urea groups is 1. The quantitative estimate of drug-likeness (QED) is 0.672. The van der Waals surface area contributed by atoms with Gasteiger partial charge in [-0.15, -0.1) is 0 Å². The van der Waals surface area contributed by atoms with E-state index >= 15 is 0 Å². The first-order chi connectivity index (χ1) is 8.42. The maximum Gasteiger partial charge on any atom is 0.319 e. The lowest BCUT2D eigenvalue weighted by Crippen LogP contribution is -2.43. The summed E-state index contributed by atoms with van der Waals surface area (Å²) < 4.78 is 0. The van der Waals surface area contributed by atoms with Gasteiger partial charge in [0.15, 0.2) is 0 Å². The van der Waals surface area contributed by atoms with E-state index < -0.39 is 5.97 Å². The normalized spacial score (nSPS) is 9.72. The molecule has 0 spiro atoms. The van der Waals surface area contributed by atoms with Crippen molar-refractivity contribution in [2.75, 3.05) is 33.7 Å². The van der Waals surface area contributed by atoms with Crippen LogP contribution in [0.3, 0.4) is 0 Å². The topological polar surface area (TPSA) is 90.0 Å². The highest BCUT2D eigenvalue weighted by Crippen LogP contribution is 2.00. The van der Waals surface area contributed by atoms with Gasteiger partial charge in [-0.1, -0.05) is 0 Å². The minimum Gasteiger partial charge on any atom is -0.481 e. The van der Waals surface area contributed by atoms with Crippen LogP contribution in [0.4, 0.5) is 4.79 Å². The van der Waals surface area contributed by atoms with Crippen molar-refractivity contribution in [2.24, 2.45) is 0 Å². The first kappa shape index (κ1) is 16.2. The summed E-state index contributed by atoms with van der Waals surface area (Å²) in [4.78, 5) is 36.3. The summed E-state index contributed by atoms with van der Waals surface area (Å²) in [6.45, 7) is 2.71. The van der Waals surface area contributed by atoms with Crippen LogP contribution in [-0.4, -0.2) is 66.5 Å². The molecule has 0 bridgehead atoms. The smallest absolute Gasteiger partial charge is 0.319 e. The fraction of sp³-hybridized carbons (Fsp3) is 0.727. The average molecular weight is 259 g/mol. The number of nitrogens with zero attached hydrogens (tertiary/aromatic N) is 2. The van der Waals surface area contributed by atoms with Crippen LogP contribution in [0.1, 0.15) is 19.8 Å². The van der Waals surface area contributed by atoms with Crippen LogP contribution in [0, 0.1) is 0 Å². The third-order valence-electron chi connectivity index (χ3n) is 2.53. The summed E-state index contributed by atoms with van der Waals surface area (Å²) in [6.07, 6.45) is 0.151. The van der Waals surface area contributed by atoms with Crippen LogP contribution < -0.4 is 5.32 Å². The van der Waals surface area contributed by atoms with Crippen molar-refractivity contribution in [3.63, 3.8) is 0 Å². The van der Waals surface area contributed by atoms with E-state index in [1.807, 2.05) is 0 Å². The lowest BCUT2D eigenvalue weighted by molar-refractivity contribution is -0.137. The third-order valence-corrected chi connectivity index (χ3v) is 2.53. The molecule has 0 radical (unpaired) electrons. The SMILES string of the molecule is CCN(CCC(=O)O)C(=O)N(C)CCC(=O)NC. The second-order valence-electron chi connectivity index (χ2n) is 3.85. The minimum atomic E-state index is -0.936. The molecule has 0 saturated heterocycles. The maximum atomic E-state index is 11.9. The minimum absolute atomic E-state index is 0.0805. The monoisotopic (exact) mass is 259 g/mol. The third kappa shape index (κ3) is 6.07. The Kier molecular flexibility index (Phi) is 7.50. The molecule has 2 N–H and O–H groups in total. The molecule has 0 aliphatic rings. The van der Waals surface area contributed by atoms with Gasteiger partial charge >= 0.3 is 12.0 Å². The number of amides is 3. The maximum absolute atomic E-state index is 11.9. The zero-order valence-corrected chi connectivity index (χ0v) is 11.1. The fourth-order valence-corrected chi connectivity index (χ4v) is 1.35. The summed E-state index contributed by atoms with van der Waals surface area (Å²) in [7, 11) is 3.13. The Bertz CT molecular complexity index is 307. The second kappa shape index (κ2) is 8.32. The number of carboxylic acid groups (broad SMARTS) is 1. The first-order valence-corrected chi connectivity index (χ1v) is 5.84. The van der Waals surface area contributed by atoms with Gasteiger partial charge in [0.1, 0.15) is 0 Å². The molecule has 3 amide bonds. The van der Waals surface area contributed by atoms with Crippen molar-refractivity contribution < 1.29 is 19.5 Å². The summed E-state index contributed by atoms with van der Waals surface area (Å²) in [5, 5.41) is 11.1. The number of aliphatic carboxylic acids is 1. The van der Waals surface area contributed by atoms with Crippen LogP contribution in [0.25, 0.3) is 0 Å². The van der Waals surface area contributed by atoms with Gasteiger partial charge in [-0.3, -0.25) is 9.59 Å².